The van der Waals surface area contributed by atoms with Gasteiger partial charge in [0.1, 0.15) is 0 Å². The molecule has 0 atom stereocenters. The Morgan fingerprint density at radius 3 is 2.54 bits per heavy atom. The highest BCUT2D eigenvalue weighted by atomic mass is 32.2. The fraction of sp³-hybridized carbons (Fsp3) is 0.600. The zero-order valence-electron chi connectivity index (χ0n) is 7.18. The van der Waals surface area contributed by atoms with Gasteiger partial charge < -0.3 is 10.8 Å². The minimum absolute atomic E-state index is 0.266. The molecule has 0 aliphatic heterocycles. The maximum Gasteiger partial charge on any atom is 0.419 e. The lowest BCUT2D eigenvalue weighted by molar-refractivity contribution is -0.102. The number of hydrogen-bond donors (Lipinski definition) is 3. The number of nitrogens with two attached hydrogens (primary N) is 1. The van der Waals surface area contributed by atoms with E-state index in [1.165, 1.54) is 0 Å². The number of nitrogens with one attached hydrogen (secondary N) is 1. The number of rotatable bonds is 4. The van der Waals surface area contributed by atoms with Crippen molar-refractivity contribution in [2.75, 3.05) is 0 Å². The standard InChI is InChI=1S/C5H11N3O4S/c1-3(2)8(5(9)10)13-12-11-4(6)7/h3H,1-2H3,(H3,6,7)(H,9,10). The first kappa shape index (κ1) is 11.8. The molecule has 0 rings (SSSR count). The Balaban J connectivity index is 3.84. The fourth-order valence-corrected chi connectivity index (χ4v) is 0.829. The van der Waals surface area contributed by atoms with Gasteiger partial charge in [-0.25, -0.2) is 14.5 Å². The van der Waals surface area contributed by atoms with Crippen LogP contribution in [0.25, 0.3) is 0 Å². The van der Waals surface area contributed by atoms with Crippen molar-refractivity contribution in [2.24, 2.45) is 5.73 Å². The Labute approximate surface area is 79.6 Å². The van der Waals surface area contributed by atoms with Crippen LogP contribution < -0.4 is 5.73 Å². The molecule has 1 amide bonds. The summed E-state index contributed by atoms with van der Waals surface area (Å²) in [6.07, 6.45) is -1.16. The Hall–Kier alpha value is -1.15. The summed E-state index contributed by atoms with van der Waals surface area (Å²) in [5.41, 5.74) is 4.79. The smallest absolute Gasteiger partial charge is 0.419 e. The second kappa shape index (κ2) is 5.49. The lowest BCUT2D eigenvalue weighted by Crippen LogP contribution is -2.30. The average molecular weight is 209 g/mol. The zero-order chi connectivity index (χ0) is 10.4. The van der Waals surface area contributed by atoms with Crippen LogP contribution in [0, 0.1) is 5.41 Å². The Morgan fingerprint density at radius 2 is 2.23 bits per heavy atom. The van der Waals surface area contributed by atoms with Crippen LogP contribution in [0.1, 0.15) is 13.8 Å². The summed E-state index contributed by atoms with van der Waals surface area (Å²) in [6, 6.07) is -0.903. The van der Waals surface area contributed by atoms with E-state index in [2.05, 4.69) is 9.22 Å². The molecule has 0 saturated carbocycles. The lowest BCUT2D eigenvalue weighted by Gasteiger charge is -2.18. The Morgan fingerprint density at radius 1 is 1.69 bits per heavy atom. The number of carboxylic acid groups (broad SMARTS) is 1. The van der Waals surface area contributed by atoms with E-state index in [0.717, 1.165) is 4.31 Å². The van der Waals surface area contributed by atoms with Crippen LogP contribution in [0.3, 0.4) is 0 Å². The van der Waals surface area contributed by atoms with Crippen LogP contribution in [-0.2, 0) is 9.22 Å². The van der Waals surface area contributed by atoms with Gasteiger partial charge >= 0.3 is 12.1 Å². The van der Waals surface area contributed by atoms with E-state index in [9.17, 15) is 4.79 Å². The molecule has 7 nitrogen and oxygen atoms in total. The van der Waals surface area contributed by atoms with Gasteiger partial charge in [0.15, 0.2) is 12.2 Å². The Bertz CT molecular complexity index is 198. The lowest BCUT2D eigenvalue weighted by atomic mass is 10.4. The van der Waals surface area contributed by atoms with Gasteiger partial charge in [-0.3, -0.25) is 4.89 Å². The first-order chi connectivity index (χ1) is 5.95. The fourth-order valence-electron chi connectivity index (χ4n) is 0.423. The summed E-state index contributed by atoms with van der Waals surface area (Å²) in [7, 11) is 0. The average Bonchev–Trinajstić information content (AvgIpc) is 1.95. The van der Waals surface area contributed by atoms with Gasteiger partial charge in [-0.2, -0.15) is 0 Å². The summed E-state index contributed by atoms with van der Waals surface area (Å²) in [6.45, 7) is 3.33. The van der Waals surface area contributed by atoms with Gasteiger partial charge in [0.25, 0.3) is 0 Å². The van der Waals surface area contributed by atoms with Crippen LogP contribution in [0.15, 0.2) is 0 Å². The van der Waals surface area contributed by atoms with E-state index in [4.69, 9.17) is 16.2 Å². The quantitative estimate of drug-likeness (QED) is 0.158. The zero-order valence-corrected chi connectivity index (χ0v) is 8.00. The normalized spacial score (nSPS) is 9.77. The molecule has 0 heterocycles. The van der Waals surface area contributed by atoms with E-state index >= 15 is 0 Å². The van der Waals surface area contributed by atoms with Crippen molar-refractivity contribution in [2.45, 2.75) is 19.9 Å². The van der Waals surface area contributed by atoms with Crippen molar-refractivity contribution >= 4 is 24.3 Å². The highest BCUT2D eigenvalue weighted by Gasteiger charge is 2.18. The number of amidine groups is 1. The molecule has 13 heavy (non-hydrogen) atoms. The molecule has 0 aromatic heterocycles. The summed E-state index contributed by atoms with van der Waals surface area (Å²) < 4.78 is 5.20. The van der Waals surface area contributed by atoms with Gasteiger partial charge in [-0.15, -0.1) is 0 Å². The molecule has 76 valence electrons. The minimum Gasteiger partial charge on any atom is -0.464 e. The molecule has 0 fully saturated rings. The highest BCUT2D eigenvalue weighted by Crippen LogP contribution is 2.15. The van der Waals surface area contributed by atoms with Gasteiger partial charge in [0.2, 0.25) is 0 Å². The van der Waals surface area contributed by atoms with Crippen molar-refractivity contribution < 1.29 is 19.1 Å². The van der Waals surface area contributed by atoms with E-state index in [0.29, 0.717) is 12.2 Å². The summed E-state index contributed by atoms with van der Waals surface area (Å²) >= 11 is 0.457. The molecule has 0 radical (unpaired) electrons. The maximum atomic E-state index is 10.5. The molecule has 0 aliphatic carbocycles. The molecule has 0 unspecified atom stereocenters. The molecule has 0 aromatic rings. The molecule has 0 saturated heterocycles. The first-order valence-electron chi connectivity index (χ1n) is 3.32. The number of amides is 1. The van der Waals surface area contributed by atoms with E-state index in [1.54, 1.807) is 13.8 Å². The summed E-state index contributed by atoms with van der Waals surface area (Å²) in [5.74, 6) is 0. The number of carbonyl (C=O) groups is 1. The molecule has 4 N–H and O–H groups in total. The van der Waals surface area contributed by atoms with Crippen LogP contribution in [-0.4, -0.2) is 27.6 Å². The van der Waals surface area contributed by atoms with Gasteiger partial charge in [-0.05, 0) is 13.8 Å². The van der Waals surface area contributed by atoms with Crippen LogP contribution in [0.2, 0.25) is 0 Å². The van der Waals surface area contributed by atoms with Crippen molar-refractivity contribution in [3.8, 4) is 0 Å². The molecule has 8 heteroatoms. The first-order valence-corrected chi connectivity index (χ1v) is 4.02. The van der Waals surface area contributed by atoms with Crippen molar-refractivity contribution in [1.82, 2.24) is 4.31 Å². The molecular formula is C5H11N3O4S. The SMILES string of the molecule is CC(C)N(SOOC(=N)N)C(=O)O. The number of nitrogens with zero attached hydrogens (tertiary/aromatic N) is 1. The van der Waals surface area contributed by atoms with Crippen molar-refractivity contribution in [3.05, 3.63) is 0 Å². The van der Waals surface area contributed by atoms with Crippen LogP contribution >= 0.6 is 12.2 Å². The molecule has 0 aromatic carbocycles. The van der Waals surface area contributed by atoms with E-state index < -0.39 is 12.1 Å². The number of hydrogen-bond acceptors (Lipinski definition) is 5. The summed E-state index contributed by atoms with van der Waals surface area (Å²) in [5, 5.41) is 15.2. The van der Waals surface area contributed by atoms with Crippen molar-refractivity contribution in [1.29, 1.82) is 5.41 Å². The molecular weight excluding hydrogens is 198 g/mol. The molecule has 0 bridgehead atoms. The predicted octanol–water partition coefficient (Wildman–Crippen LogP) is 0.780. The highest BCUT2D eigenvalue weighted by molar-refractivity contribution is 7.92. The predicted molar refractivity (Wildman–Crippen MR) is 46.7 cm³/mol. The third-order valence-electron chi connectivity index (χ3n) is 0.892. The van der Waals surface area contributed by atoms with Crippen molar-refractivity contribution in [3.63, 3.8) is 0 Å². The second-order valence-corrected chi connectivity index (χ2v) is 2.97. The Kier molecular flexibility index (Phi) is 5.00. The van der Waals surface area contributed by atoms with Gasteiger partial charge in [-0.1, -0.05) is 4.33 Å². The maximum absolute atomic E-state index is 10.5. The summed E-state index contributed by atoms with van der Waals surface area (Å²) in [4.78, 5) is 14.6. The van der Waals surface area contributed by atoms with E-state index in [-0.39, 0.29) is 6.04 Å². The molecule has 0 spiro atoms. The van der Waals surface area contributed by atoms with E-state index in [1.807, 2.05) is 0 Å². The monoisotopic (exact) mass is 209 g/mol. The third-order valence-corrected chi connectivity index (χ3v) is 1.76. The second-order valence-electron chi connectivity index (χ2n) is 2.29. The largest absolute Gasteiger partial charge is 0.464 e. The van der Waals surface area contributed by atoms with Crippen LogP contribution in [0.4, 0.5) is 4.79 Å². The third kappa shape index (κ3) is 5.15. The van der Waals surface area contributed by atoms with Gasteiger partial charge in [0, 0.05) is 6.04 Å². The van der Waals surface area contributed by atoms with Crippen LogP contribution in [0.5, 0.6) is 0 Å². The topological polar surface area (TPSA) is 109 Å². The minimum atomic E-state index is -1.16. The molecule has 0 aliphatic rings. The van der Waals surface area contributed by atoms with Gasteiger partial charge in [0.05, 0.1) is 0 Å².